The van der Waals surface area contributed by atoms with Gasteiger partial charge in [0.2, 0.25) is 0 Å². The van der Waals surface area contributed by atoms with Crippen molar-refractivity contribution in [3.8, 4) is 6.07 Å². The molecule has 4 nitrogen and oxygen atoms in total. The Kier molecular flexibility index (Phi) is 4.13. The quantitative estimate of drug-likeness (QED) is 0.869. The molecule has 0 saturated carbocycles. The minimum atomic E-state index is 0.428. The predicted octanol–water partition coefficient (Wildman–Crippen LogP) is 3.63. The number of rotatable bonds is 3. The number of hydrogen-bond donors (Lipinski definition) is 1. The first-order valence-electron chi connectivity index (χ1n) is 5.63. The van der Waals surface area contributed by atoms with E-state index >= 15 is 0 Å². The van der Waals surface area contributed by atoms with Crippen molar-refractivity contribution in [2.24, 2.45) is 7.05 Å². The largest absolute Gasteiger partial charge is 0.378 e. The summed E-state index contributed by atoms with van der Waals surface area (Å²) in [5.74, 6) is 0. The molecule has 0 spiro atoms. The molecule has 0 aliphatic heterocycles. The van der Waals surface area contributed by atoms with E-state index in [1.54, 1.807) is 6.20 Å². The van der Waals surface area contributed by atoms with Crippen molar-refractivity contribution in [1.82, 2.24) is 9.55 Å². The Morgan fingerprint density at radius 1 is 1.53 bits per heavy atom. The summed E-state index contributed by atoms with van der Waals surface area (Å²) in [6, 6.07) is 5.91. The van der Waals surface area contributed by atoms with Gasteiger partial charge in [-0.25, -0.2) is 4.98 Å². The first kappa shape index (κ1) is 13.9. The van der Waals surface area contributed by atoms with E-state index in [0.717, 1.165) is 21.4 Å². The zero-order valence-corrected chi connectivity index (χ0v) is 12.9. The minimum Gasteiger partial charge on any atom is -0.378 e. The minimum absolute atomic E-state index is 0.428. The molecule has 0 aliphatic carbocycles. The zero-order valence-electron chi connectivity index (χ0n) is 10.5. The van der Waals surface area contributed by atoms with Gasteiger partial charge in [0.15, 0.2) is 5.15 Å². The smallest absolute Gasteiger partial charge is 0.152 e. The Morgan fingerprint density at radius 3 is 2.89 bits per heavy atom. The van der Waals surface area contributed by atoms with E-state index in [1.807, 2.05) is 30.7 Å². The molecule has 0 radical (unpaired) electrons. The molecule has 0 fully saturated rings. The second-order valence-corrected chi connectivity index (χ2v) is 5.43. The first-order chi connectivity index (χ1) is 9.02. The number of nitrogens with zero attached hydrogens (tertiary/aromatic N) is 3. The average Bonchev–Trinajstić information content (AvgIpc) is 2.67. The van der Waals surface area contributed by atoms with Crippen LogP contribution in [0.15, 0.2) is 22.8 Å². The van der Waals surface area contributed by atoms with Crippen LogP contribution in [0.4, 0.5) is 5.69 Å². The number of nitriles is 1. The van der Waals surface area contributed by atoms with Crippen molar-refractivity contribution in [3.05, 3.63) is 44.9 Å². The van der Waals surface area contributed by atoms with Crippen molar-refractivity contribution >= 4 is 33.2 Å². The Morgan fingerprint density at radius 2 is 2.26 bits per heavy atom. The topological polar surface area (TPSA) is 53.6 Å². The highest BCUT2D eigenvalue weighted by atomic mass is 79.9. The standard InChI is InChI=1S/C13H12BrClN4/c1-8-9(3-11(5-16)19(8)2)6-17-12-4-10(14)7-18-13(12)15/h3-4,7,17H,6H2,1-2H3. The lowest BCUT2D eigenvalue weighted by Gasteiger charge is -2.08. The second-order valence-electron chi connectivity index (χ2n) is 4.16. The van der Waals surface area contributed by atoms with Crippen LogP contribution in [0, 0.1) is 18.3 Å². The molecule has 0 aliphatic rings. The van der Waals surface area contributed by atoms with E-state index in [9.17, 15) is 0 Å². The summed E-state index contributed by atoms with van der Waals surface area (Å²) in [6.07, 6.45) is 1.65. The maximum absolute atomic E-state index is 8.99. The van der Waals surface area contributed by atoms with Crippen LogP contribution in [0.1, 0.15) is 17.0 Å². The van der Waals surface area contributed by atoms with Crippen LogP contribution >= 0.6 is 27.5 Å². The summed E-state index contributed by atoms with van der Waals surface area (Å²) >= 11 is 9.37. The number of anilines is 1. The van der Waals surface area contributed by atoms with E-state index in [-0.39, 0.29) is 0 Å². The molecule has 0 aromatic carbocycles. The summed E-state index contributed by atoms with van der Waals surface area (Å²) in [6.45, 7) is 2.58. The lowest BCUT2D eigenvalue weighted by molar-refractivity contribution is 0.856. The number of aromatic nitrogens is 2. The monoisotopic (exact) mass is 338 g/mol. The lowest BCUT2D eigenvalue weighted by atomic mass is 10.2. The van der Waals surface area contributed by atoms with Gasteiger partial charge in [-0.2, -0.15) is 5.26 Å². The molecule has 2 aromatic heterocycles. The van der Waals surface area contributed by atoms with Gasteiger partial charge >= 0.3 is 0 Å². The van der Waals surface area contributed by atoms with E-state index < -0.39 is 0 Å². The van der Waals surface area contributed by atoms with Crippen LogP contribution in [-0.2, 0) is 13.6 Å². The predicted molar refractivity (Wildman–Crippen MR) is 79.1 cm³/mol. The fourth-order valence-corrected chi connectivity index (χ4v) is 2.29. The molecule has 0 saturated heterocycles. The van der Waals surface area contributed by atoms with Crippen molar-refractivity contribution < 1.29 is 0 Å². The lowest BCUT2D eigenvalue weighted by Crippen LogP contribution is -2.02. The Balaban J connectivity index is 2.19. The Labute approximate surface area is 125 Å². The molecule has 98 valence electrons. The summed E-state index contributed by atoms with van der Waals surface area (Å²) in [7, 11) is 1.88. The molecule has 2 heterocycles. The van der Waals surface area contributed by atoms with Crippen molar-refractivity contribution in [2.45, 2.75) is 13.5 Å². The van der Waals surface area contributed by atoms with Crippen molar-refractivity contribution in [3.63, 3.8) is 0 Å². The van der Waals surface area contributed by atoms with Crippen LogP contribution in [0.2, 0.25) is 5.15 Å². The molecule has 0 amide bonds. The van der Waals surface area contributed by atoms with Crippen LogP contribution < -0.4 is 5.32 Å². The van der Waals surface area contributed by atoms with Gasteiger partial charge in [0.25, 0.3) is 0 Å². The van der Waals surface area contributed by atoms with Gasteiger partial charge in [-0.1, -0.05) is 11.6 Å². The third kappa shape index (κ3) is 2.91. The molecular formula is C13H12BrClN4. The van der Waals surface area contributed by atoms with E-state index in [4.69, 9.17) is 16.9 Å². The number of nitrogens with one attached hydrogen (secondary N) is 1. The van der Waals surface area contributed by atoms with Gasteiger partial charge in [-0.15, -0.1) is 0 Å². The van der Waals surface area contributed by atoms with Crippen LogP contribution in [-0.4, -0.2) is 9.55 Å². The van der Waals surface area contributed by atoms with E-state index in [2.05, 4.69) is 32.3 Å². The van der Waals surface area contributed by atoms with Gasteiger partial charge in [-0.05, 0) is 40.5 Å². The highest BCUT2D eigenvalue weighted by Crippen LogP contribution is 2.24. The van der Waals surface area contributed by atoms with Crippen LogP contribution in [0.5, 0.6) is 0 Å². The molecule has 0 atom stereocenters. The van der Waals surface area contributed by atoms with Gasteiger partial charge in [0.05, 0.1) is 5.69 Å². The van der Waals surface area contributed by atoms with Crippen LogP contribution in [0.25, 0.3) is 0 Å². The molecule has 0 unspecified atom stereocenters. The van der Waals surface area contributed by atoms with E-state index in [1.165, 1.54) is 0 Å². The molecular weight excluding hydrogens is 328 g/mol. The summed E-state index contributed by atoms with van der Waals surface area (Å²) in [4.78, 5) is 4.05. The molecule has 2 aromatic rings. The average molecular weight is 340 g/mol. The van der Waals surface area contributed by atoms with Crippen LogP contribution in [0.3, 0.4) is 0 Å². The third-order valence-corrected chi connectivity index (χ3v) is 3.76. The highest BCUT2D eigenvalue weighted by Gasteiger charge is 2.09. The SMILES string of the molecule is Cc1c(CNc2cc(Br)cnc2Cl)cc(C#N)n1C. The highest BCUT2D eigenvalue weighted by molar-refractivity contribution is 9.10. The fourth-order valence-electron chi connectivity index (χ4n) is 1.79. The zero-order chi connectivity index (χ0) is 14.0. The van der Waals surface area contributed by atoms with Gasteiger partial charge in [-0.3, -0.25) is 0 Å². The van der Waals surface area contributed by atoms with Crippen molar-refractivity contribution in [1.29, 1.82) is 5.26 Å². The first-order valence-corrected chi connectivity index (χ1v) is 6.80. The number of pyridine rings is 1. The molecule has 19 heavy (non-hydrogen) atoms. The van der Waals surface area contributed by atoms with Gasteiger partial charge < -0.3 is 9.88 Å². The molecule has 1 N–H and O–H groups in total. The third-order valence-electron chi connectivity index (χ3n) is 3.03. The Bertz CT molecular complexity index is 657. The van der Waals surface area contributed by atoms with Gasteiger partial charge in [0.1, 0.15) is 11.8 Å². The molecule has 6 heteroatoms. The normalized spacial score (nSPS) is 10.3. The number of hydrogen-bond acceptors (Lipinski definition) is 3. The summed E-state index contributed by atoms with van der Waals surface area (Å²) in [5.41, 5.74) is 3.53. The second kappa shape index (κ2) is 5.64. The fraction of sp³-hybridized carbons (Fsp3) is 0.231. The van der Waals surface area contributed by atoms with Crippen molar-refractivity contribution in [2.75, 3.05) is 5.32 Å². The number of halogens is 2. The van der Waals surface area contributed by atoms with E-state index in [0.29, 0.717) is 17.4 Å². The maximum atomic E-state index is 8.99. The summed E-state index contributed by atoms with van der Waals surface area (Å²) < 4.78 is 2.74. The molecule has 0 bridgehead atoms. The summed E-state index contributed by atoms with van der Waals surface area (Å²) in [5, 5.41) is 12.6. The Hall–Kier alpha value is -1.51. The molecule has 2 rings (SSSR count). The van der Waals surface area contributed by atoms with Gasteiger partial charge in [0, 0.05) is 30.0 Å². The maximum Gasteiger partial charge on any atom is 0.152 e.